The predicted octanol–water partition coefficient (Wildman–Crippen LogP) is 1.68. The van der Waals surface area contributed by atoms with Crippen LogP contribution >= 0.6 is 0 Å². The van der Waals surface area contributed by atoms with Gasteiger partial charge in [0.2, 0.25) is 5.91 Å². The van der Waals surface area contributed by atoms with E-state index in [1.807, 2.05) is 0 Å². The van der Waals surface area contributed by atoms with Crippen molar-refractivity contribution in [2.75, 3.05) is 11.9 Å². The number of anilines is 1. The molecule has 0 heterocycles. The summed E-state index contributed by atoms with van der Waals surface area (Å²) in [5, 5.41) is 5.54. The van der Waals surface area contributed by atoms with Gasteiger partial charge in [0.25, 0.3) is 0 Å². The largest absolute Gasteiger partial charge is 0.374 e. The summed E-state index contributed by atoms with van der Waals surface area (Å²) in [6.45, 7) is 3.58. The Labute approximate surface area is 100 Å². The van der Waals surface area contributed by atoms with E-state index in [0.29, 0.717) is 11.3 Å². The molecule has 1 aromatic rings. The molecule has 2 N–H and O–H groups in total. The number of halogens is 1. The van der Waals surface area contributed by atoms with Crippen molar-refractivity contribution in [3.8, 4) is 12.3 Å². The first-order valence-electron chi connectivity index (χ1n) is 5.28. The number of terminal acetylenes is 1. The molecule has 0 saturated carbocycles. The summed E-state index contributed by atoms with van der Waals surface area (Å²) in [5.74, 6) is 1.87. The second kappa shape index (κ2) is 5.90. The molecule has 0 saturated heterocycles. The van der Waals surface area contributed by atoms with Crippen LogP contribution in [-0.4, -0.2) is 18.5 Å². The van der Waals surface area contributed by atoms with E-state index in [1.165, 1.54) is 6.07 Å². The van der Waals surface area contributed by atoms with Crippen molar-refractivity contribution in [2.24, 2.45) is 0 Å². The molecular weight excluding hydrogens is 219 g/mol. The Hall–Kier alpha value is -2.02. The van der Waals surface area contributed by atoms with Crippen molar-refractivity contribution in [1.29, 1.82) is 0 Å². The minimum Gasteiger partial charge on any atom is -0.374 e. The monoisotopic (exact) mass is 234 g/mol. The summed E-state index contributed by atoms with van der Waals surface area (Å²) in [4.78, 5) is 11.5. The van der Waals surface area contributed by atoms with Crippen LogP contribution in [0.3, 0.4) is 0 Å². The van der Waals surface area contributed by atoms with Crippen LogP contribution in [0.2, 0.25) is 0 Å². The number of nitrogens with one attached hydrogen (secondary N) is 2. The summed E-state index contributed by atoms with van der Waals surface area (Å²) in [6.07, 6.45) is 5.04. The van der Waals surface area contributed by atoms with Crippen LogP contribution in [-0.2, 0) is 4.79 Å². The second-order valence-electron chi connectivity index (χ2n) is 3.75. The molecule has 0 aliphatic carbocycles. The van der Waals surface area contributed by atoms with Gasteiger partial charge in [-0.15, -0.1) is 6.42 Å². The van der Waals surface area contributed by atoms with E-state index in [2.05, 4.69) is 16.6 Å². The maximum absolute atomic E-state index is 13.0. The lowest BCUT2D eigenvalue weighted by molar-refractivity contribution is -0.121. The van der Waals surface area contributed by atoms with Crippen LogP contribution < -0.4 is 10.6 Å². The molecular formula is C13H15FN2O. The number of carbonyl (C=O) groups is 1. The fourth-order valence-electron chi connectivity index (χ4n) is 1.34. The molecule has 1 aromatic carbocycles. The van der Waals surface area contributed by atoms with E-state index < -0.39 is 6.04 Å². The Morgan fingerprint density at radius 2 is 2.29 bits per heavy atom. The van der Waals surface area contributed by atoms with Crippen molar-refractivity contribution in [3.05, 3.63) is 29.6 Å². The first-order valence-corrected chi connectivity index (χ1v) is 5.28. The van der Waals surface area contributed by atoms with Gasteiger partial charge in [-0.1, -0.05) is 5.92 Å². The van der Waals surface area contributed by atoms with E-state index in [4.69, 9.17) is 6.42 Å². The average molecular weight is 234 g/mol. The molecule has 1 unspecified atom stereocenters. The third-order valence-corrected chi connectivity index (χ3v) is 2.30. The van der Waals surface area contributed by atoms with Crippen LogP contribution in [0, 0.1) is 25.1 Å². The highest BCUT2D eigenvalue weighted by atomic mass is 19.1. The van der Waals surface area contributed by atoms with Crippen molar-refractivity contribution in [2.45, 2.75) is 19.9 Å². The van der Waals surface area contributed by atoms with Crippen LogP contribution in [0.25, 0.3) is 0 Å². The minimum absolute atomic E-state index is 0.190. The molecule has 1 amide bonds. The number of carbonyl (C=O) groups excluding carboxylic acids is 1. The maximum Gasteiger partial charge on any atom is 0.242 e. The van der Waals surface area contributed by atoms with Gasteiger partial charge in [0.1, 0.15) is 11.9 Å². The lowest BCUT2D eigenvalue weighted by Gasteiger charge is -2.14. The van der Waals surface area contributed by atoms with Gasteiger partial charge in [0.15, 0.2) is 0 Å². The van der Waals surface area contributed by atoms with Crippen molar-refractivity contribution >= 4 is 11.6 Å². The summed E-state index contributed by atoms with van der Waals surface area (Å²) in [6, 6.07) is 4.19. The fraction of sp³-hybridized carbons (Fsp3) is 0.308. The summed E-state index contributed by atoms with van der Waals surface area (Å²) in [5.41, 5.74) is 1.23. The van der Waals surface area contributed by atoms with Crippen molar-refractivity contribution in [3.63, 3.8) is 0 Å². The smallest absolute Gasteiger partial charge is 0.242 e. The van der Waals surface area contributed by atoms with Gasteiger partial charge in [-0.25, -0.2) is 4.39 Å². The Kier molecular flexibility index (Phi) is 4.53. The Morgan fingerprint density at radius 1 is 1.59 bits per heavy atom. The van der Waals surface area contributed by atoms with Gasteiger partial charge in [0, 0.05) is 5.69 Å². The molecule has 0 aliphatic heterocycles. The second-order valence-corrected chi connectivity index (χ2v) is 3.75. The number of benzene rings is 1. The normalized spacial score (nSPS) is 11.4. The molecule has 3 nitrogen and oxygen atoms in total. The van der Waals surface area contributed by atoms with E-state index in [0.717, 1.165) is 0 Å². The quantitative estimate of drug-likeness (QED) is 0.778. The topological polar surface area (TPSA) is 41.1 Å². The number of hydrogen-bond donors (Lipinski definition) is 2. The average Bonchev–Trinajstić information content (AvgIpc) is 2.30. The maximum atomic E-state index is 13.0. The lowest BCUT2D eigenvalue weighted by atomic mass is 10.2. The van der Waals surface area contributed by atoms with Crippen LogP contribution in [0.4, 0.5) is 10.1 Å². The zero-order chi connectivity index (χ0) is 12.8. The summed E-state index contributed by atoms with van der Waals surface area (Å²) in [7, 11) is 0. The third-order valence-electron chi connectivity index (χ3n) is 2.30. The molecule has 17 heavy (non-hydrogen) atoms. The molecule has 0 aromatic heterocycles. The molecule has 90 valence electrons. The molecule has 0 aliphatic rings. The number of aryl methyl sites for hydroxylation is 1. The third kappa shape index (κ3) is 3.80. The zero-order valence-electron chi connectivity index (χ0n) is 9.88. The van der Waals surface area contributed by atoms with E-state index in [-0.39, 0.29) is 18.3 Å². The van der Waals surface area contributed by atoms with Gasteiger partial charge in [-0.2, -0.15) is 0 Å². The highest BCUT2D eigenvalue weighted by molar-refractivity contribution is 5.84. The van der Waals surface area contributed by atoms with Crippen LogP contribution in [0.1, 0.15) is 12.5 Å². The Balaban J connectivity index is 2.62. The highest BCUT2D eigenvalue weighted by Crippen LogP contribution is 2.14. The SMILES string of the molecule is C#CCNC(=O)C(C)Nc1ccc(F)c(C)c1. The zero-order valence-corrected chi connectivity index (χ0v) is 9.88. The first-order chi connectivity index (χ1) is 8.04. The molecule has 0 radical (unpaired) electrons. The lowest BCUT2D eigenvalue weighted by Crippen LogP contribution is -2.37. The summed E-state index contributed by atoms with van der Waals surface area (Å²) < 4.78 is 13.0. The molecule has 4 heteroatoms. The Morgan fingerprint density at radius 3 is 2.88 bits per heavy atom. The standard InChI is InChI=1S/C13H15FN2O/c1-4-7-15-13(17)10(3)16-11-5-6-12(14)9(2)8-11/h1,5-6,8,10,16H,7H2,2-3H3,(H,15,17). The van der Waals surface area contributed by atoms with E-state index >= 15 is 0 Å². The fourth-order valence-corrected chi connectivity index (χ4v) is 1.34. The van der Waals surface area contributed by atoms with Gasteiger partial charge in [-0.3, -0.25) is 4.79 Å². The highest BCUT2D eigenvalue weighted by Gasteiger charge is 2.11. The van der Waals surface area contributed by atoms with Crippen LogP contribution in [0.5, 0.6) is 0 Å². The minimum atomic E-state index is -0.423. The number of rotatable bonds is 4. The van der Waals surface area contributed by atoms with Gasteiger partial charge in [-0.05, 0) is 37.6 Å². The summed E-state index contributed by atoms with van der Waals surface area (Å²) >= 11 is 0. The van der Waals surface area contributed by atoms with E-state index in [1.54, 1.807) is 26.0 Å². The number of amides is 1. The van der Waals surface area contributed by atoms with E-state index in [9.17, 15) is 9.18 Å². The Bertz CT molecular complexity index is 451. The first kappa shape index (κ1) is 13.0. The molecule has 0 fully saturated rings. The van der Waals surface area contributed by atoms with Crippen molar-refractivity contribution in [1.82, 2.24) is 5.32 Å². The molecule has 0 spiro atoms. The molecule has 1 rings (SSSR count). The van der Waals surface area contributed by atoms with Gasteiger partial charge >= 0.3 is 0 Å². The van der Waals surface area contributed by atoms with Crippen molar-refractivity contribution < 1.29 is 9.18 Å². The van der Waals surface area contributed by atoms with Crippen LogP contribution in [0.15, 0.2) is 18.2 Å². The van der Waals surface area contributed by atoms with Gasteiger partial charge < -0.3 is 10.6 Å². The van der Waals surface area contributed by atoms with Gasteiger partial charge in [0.05, 0.1) is 6.54 Å². The number of hydrogen-bond acceptors (Lipinski definition) is 2. The predicted molar refractivity (Wildman–Crippen MR) is 66.1 cm³/mol. The molecule has 1 atom stereocenters. The molecule has 0 bridgehead atoms.